The van der Waals surface area contributed by atoms with Crippen molar-refractivity contribution in [1.82, 2.24) is 5.32 Å². The Balaban J connectivity index is 2.09. The van der Waals surface area contributed by atoms with Crippen LogP contribution in [0.15, 0.2) is 18.2 Å². The van der Waals surface area contributed by atoms with E-state index in [9.17, 15) is 0 Å². The predicted molar refractivity (Wildman–Crippen MR) is 76.0 cm³/mol. The first-order chi connectivity index (χ1) is 8.66. The van der Waals surface area contributed by atoms with Crippen LogP contribution in [0.25, 0.3) is 0 Å². The molecule has 1 aromatic rings. The highest BCUT2D eigenvalue weighted by Gasteiger charge is 2.18. The summed E-state index contributed by atoms with van der Waals surface area (Å²) in [5, 5.41) is 3.47. The molecule has 0 bridgehead atoms. The van der Waals surface area contributed by atoms with Gasteiger partial charge < -0.3 is 10.1 Å². The fourth-order valence-corrected chi connectivity index (χ4v) is 2.51. The molecule has 2 heteroatoms. The van der Waals surface area contributed by atoms with Gasteiger partial charge in [-0.15, -0.1) is 0 Å². The van der Waals surface area contributed by atoms with Crippen LogP contribution in [0.4, 0.5) is 0 Å². The van der Waals surface area contributed by atoms with Gasteiger partial charge in [0.2, 0.25) is 0 Å². The Kier molecular flexibility index (Phi) is 4.65. The Morgan fingerprint density at radius 2 is 2.00 bits per heavy atom. The van der Waals surface area contributed by atoms with E-state index in [4.69, 9.17) is 4.74 Å². The summed E-state index contributed by atoms with van der Waals surface area (Å²) in [4.78, 5) is 0. The molecule has 0 atom stereocenters. The number of aryl methyl sites for hydroxylation is 1. The third kappa shape index (κ3) is 3.49. The first-order valence-corrected chi connectivity index (χ1v) is 7.15. The summed E-state index contributed by atoms with van der Waals surface area (Å²) in [6.45, 7) is 7.38. The molecule has 0 saturated heterocycles. The van der Waals surface area contributed by atoms with E-state index < -0.39 is 0 Å². The maximum atomic E-state index is 6.23. The minimum atomic E-state index is 0.434. The molecule has 0 amide bonds. The van der Waals surface area contributed by atoms with Gasteiger partial charge in [0.1, 0.15) is 5.75 Å². The molecule has 0 aromatic heterocycles. The largest absolute Gasteiger partial charge is 0.490 e. The zero-order chi connectivity index (χ0) is 13.0. The van der Waals surface area contributed by atoms with E-state index in [1.54, 1.807) is 0 Å². The topological polar surface area (TPSA) is 21.3 Å². The third-order valence-corrected chi connectivity index (χ3v) is 3.58. The lowest BCUT2D eigenvalue weighted by Crippen LogP contribution is -2.23. The average Bonchev–Trinajstić information content (AvgIpc) is 2.82. The van der Waals surface area contributed by atoms with Crippen LogP contribution in [0, 0.1) is 6.92 Å². The normalized spacial score (nSPS) is 16.4. The monoisotopic (exact) mass is 247 g/mol. The van der Waals surface area contributed by atoms with Crippen molar-refractivity contribution in [2.75, 3.05) is 0 Å². The fourth-order valence-electron chi connectivity index (χ4n) is 2.51. The van der Waals surface area contributed by atoms with E-state index >= 15 is 0 Å². The molecule has 0 aliphatic heterocycles. The zero-order valence-corrected chi connectivity index (χ0v) is 11.8. The van der Waals surface area contributed by atoms with Gasteiger partial charge in [-0.1, -0.05) is 32.0 Å². The van der Waals surface area contributed by atoms with E-state index in [-0.39, 0.29) is 0 Å². The number of nitrogens with one attached hydrogen (secondary N) is 1. The smallest absolute Gasteiger partial charge is 0.127 e. The summed E-state index contributed by atoms with van der Waals surface area (Å²) in [6, 6.07) is 6.94. The van der Waals surface area contributed by atoms with Crippen molar-refractivity contribution in [2.24, 2.45) is 0 Å². The van der Waals surface area contributed by atoms with Gasteiger partial charge in [-0.05, 0) is 38.2 Å². The lowest BCUT2D eigenvalue weighted by molar-refractivity contribution is 0.206. The van der Waals surface area contributed by atoms with Crippen molar-refractivity contribution in [3.63, 3.8) is 0 Å². The molecule has 18 heavy (non-hydrogen) atoms. The van der Waals surface area contributed by atoms with Crippen molar-refractivity contribution in [2.45, 2.75) is 65.1 Å². The molecule has 2 rings (SSSR count). The minimum absolute atomic E-state index is 0.434. The second-order valence-corrected chi connectivity index (χ2v) is 5.62. The molecule has 0 heterocycles. The molecule has 1 aromatic carbocycles. The molecule has 1 aliphatic carbocycles. The Bertz CT molecular complexity index is 381. The molecule has 0 spiro atoms. The highest BCUT2D eigenvalue weighted by Crippen LogP contribution is 2.29. The quantitative estimate of drug-likeness (QED) is 0.854. The lowest BCUT2D eigenvalue weighted by atomic mass is 10.1. The highest BCUT2D eigenvalue weighted by atomic mass is 16.5. The SMILES string of the molecule is Cc1cccc(CNC(C)C)c1OC1CCCC1. The van der Waals surface area contributed by atoms with Gasteiger partial charge in [0.05, 0.1) is 6.10 Å². The molecular formula is C16H25NO. The molecule has 0 unspecified atom stereocenters. The van der Waals surface area contributed by atoms with Crippen LogP contribution in [-0.4, -0.2) is 12.1 Å². The summed E-state index contributed by atoms with van der Waals surface area (Å²) < 4.78 is 6.23. The maximum absolute atomic E-state index is 6.23. The average molecular weight is 247 g/mol. The van der Waals surface area contributed by atoms with Crippen LogP contribution >= 0.6 is 0 Å². The Morgan fingerprint density at radius 3 is 2.67 bits per heavy atom. The fraction of sp³-hybridized carbons (Fsp3) is 0.625. The van der Waals surface area contributed by atoms with Crippen LogP contribution in [0.5, 0.6) is 5.75 Å². The minimum Gasteiger partial charge on any atom is -0.490 e. The molecule has 1 aliphatic rings. The number of hydrogen-bond donors (Lipinski definition) is 1. The number of benzene rings is 1. The first-order valence-electron chi connectivity index (χ1n) is 7.15. The molecule has 1 N–H and O–H groups in total. The lowest BCUT2D eigenvalue weighted by Gasteiger charge is -2.19. The van der Waals surface area contributed by atoms with E-state index in [1.165, 1.54) is 36.8 Å². The second kappa shape index (κ2) is 6.24. The molecule has 1 saturated carbocycles. The predicted octanol–water partition coefficient (Wildman–Crippen LogP) is 3.81. The van der Waals surface area contributed by atoms with Crippen molar-refractivity contribution < 1.29 is 4.74 Å². The van der Waals surface area contributed by atoms with Gasteiger partial charge in [0.15, 0.2) is 0 Å². The Hall–Kier alpha value is -1.02. The Morgan fingerprint density at radius 1 is 1.28 bits per heavy atom. The zero-order valence-electron chi connectivity index (χ0n) is 11.8. The van der Waals surface area contributed by atoms with E-state index in [0.717, 1.165) is 12.3 Å². The number of para-hydroxylation sites is 1. The standard InChI is InChI=1S/C16H25NO/c1-12(2)17-11-14-8-6-7-13(3)16(14)18-15-9-4-5-10-15/h6-8,12,15,17H,4-5,9-11H2,1-3H3. The van der Waals surface area contributed by atoms with Gasteiger partial charge in [-0.3, -0.25) is 0 Å². The summed E-state index contributed by atoms with van der Waals surface area (Å²) in [5.74, 6) is 1.11. The van der Waals surface area contributed by atoms with Crippen LogP contribution in [0.3, 0.4) is 0 Å². The first kappa shape index (κ1) is 13.4. The highest BCUT2D eigenvalue weighted by molar-refractivity contribution is 5.41. The van der Waals surface area contributed by atoms with Gasteiger partial charge in [-0.25, -0.2) is 0 Å². The molecule has 0 radical (unpaired) electrons. The summed E-state index contributed by atoms with van der Waals surface area (Å²) in [6.07, 6.45) is 5.49. The van der Waals surface area contributed by atoms with Gasteiger partial charge in [-0.2, -0.15) is 0 Å². The van der Waals surface area contributed by atoms with E-state index in [1.807, 2.05) is 0 Å². The number of ether oxygens (including phenoxy) is 1. The van der Waals surface area contributed by atoms with Crippen LogP contribution in [-0.2, 0) is 6.54 Å². The number of rotatable bonds is 5. The molecule has 100 valence electrons. The van der Waals surface area contributed by atoms with E-state index in [2.05, 4.69) is 44.3 Å². The maximum Gasteiger partial charge on any atom is 0.127 e. The summed E-state index contributed by atoms with van der Waals surface area (Å²) in [5.41, 5.74) is 2.54. The number of hydrogen-bond acceptors (Lipinski definition) is 2. The van der Waals surface area contributed by atoms with Gasteiger partial charge in [0.25, 0.3) is 0 Å². The van der Waals surface area contributed by atoms with Crippen LogP contribution in [0.2, 0.25) is 0 Å². The van der Waals surface area contributed by atoms with Crippen molar-refractivity contribution in [3.8, 4) is 5.75 Å². The van der Waals surface area contributed by atoms with Crippen molar-refractivity contribution in [3.05, 3.63) is 29.3 Å². The van der Waals surface area contributed by atoms with Crippen molar-refractivity contribution in [1.29, 1.82) is 0 Å². The second-order valence-electron chi connectivity index (χ2n) is 5.62. The van der Waals surface area contributed by atoms with Gasteiger partial charge in [0, 0.05) is 18.2 Å². The third-order valence-electron chi connectivity index (χ3n) is 3.58. The Labute approximate surface area is 111 Å². The van der Waals surface area contributed by atoms with Crippen LogP contribution in [0.1, 0.15) is 50.7 Å². The molecular weight excluding hydrogens is 222 g/mol. The van der Waals surface area contributed by atoms with E-state index in [0.29, 0.717) is 12.1 Å². The molecule has 2 nitrogen and oxygen atoms in total. The summed E-state index contributed by atoms with van der Waals surface area (Å²) >= 11 is 0. The molecule has 1 fully saturated rings. The van der Waals surface area contributed by atoms with Crippen LogP contribution < -0.4 is 10.1 Å². The van der Waals surface area contributed by atoms with Crippen molar-refractivity contribution >= 4 is 0 Å². The summed E-state index contributed by atoms with van der Waals surface area (Å²) in [7, 11) is 0. The van der Waals surface area contributed by atoms with Gasteiger partial charge >= 0.3 is 0 Å².